The topological polar surface area (TPSA) is 124 Å². The number of nitrogens with one attached hydrogen (secondary N) is 1. The fourth-order valence-electron chi connectivity index (χ4n) is 8.91. The number of fused-ring (bicyclic) bond motifs is 2. The molecule has 4 aromatic rings. The number of imide groups is 1. The first-order valence-corrected chi connectivity index (χ1v) is 19.7. The number of rotatable bonds is 9. The van der Waals surface area contributed by atoms with Crippen LogP contribution >= 0.6 is 0 Å². The number of aliphatic hydroxyl groups excluding tert-OH is 1. The first-order valence-electron chi connectivity index (χ1n) is 19.7. The number of aromatic nitrogens is 3. The molecular formula is C42H50FN8O4+. The molecule has 2 N–H and O–H groups in total. The van der Waals surface area contributed by atoms with Gasteiger partial charge in [-0.05, 0) is 80.1 Å². The third-order valence-corrected chi connectivity index (χ3v) is 12.1. The van der Waals surface area contributed by atoms with E-state index in [2.05, 4.69) is 53.9 Å². The normalized spacial score (nSPS) is 23.6. The first-order chi connectivity index (χ1) is 26.7. The van der Waals surface area contributed by atoms with E-state index in [0.29, 0.717) is 43.6 Å². The molecule has 5 heterocycles. The predicted molar refractivity (Wildman–Crippen MR) is 206 cm³/mol. The van der Waals surface area contributed by atoms with E-state index in [4.69, 9.17) is 0 Å². The zero-order chi connectivity index (χ0) is 38.1. The van der Waals surface area contributed by atoms with E-state index in [1.807, 2.05) is 30.5 Å². The fraction of sp³-hybridized carbons (Fsp3) is 0.452. The van der Waals surface area contributed by atoms with Crippen molar-refractivity contribution in [3.63, 3.8) is 0 Å². The van der Waals surface area contributed by atoms with E-state index in [1.54, 1.807) is 7.05 Å². The molecule has 1 aliphatic carbocycles. The van der Waals surface area contributed by atoms with Gasteiger partial charge in [0.1, 0.15) is 28.9 Å². The minimum atomic E-state index is -0.642. The lowest BCUT2D eigenvalue weighted by atomic mass is 9.87. The molecule has 1 unspecified atom stereocenters. The Kier molecular flexibility index (Phi) is 10.6. The van der Waals surface area contributed by atoms with Gasteiger partial charge in [-0.1, -0.05) is 36.4 Å². The Hall–Kier alpha value is -4.82. The molecule has 4 amide bonds. The number of amides is 4. The van der Waals surface area contributed by atoms with E-state index in [9.17, 15) is 23.9 Å². The maximum Gasteiger partial charge on any atom is 0.437 e. The molecule has 3 aliphatic heterocycles. The highest BCUT2D eigenvalue weighted by atomic mass is 19.1. The van der Waals surface area contributed by atoms with Crippen LogP contribution < -0.4 is 10.2 Å². The molecule has 8 rings (SSSR count). The number of β-amino-alcohol motifs (C(OH)–C–C–N with tert-alkyl or cyclic N) is 1. The van der Waals surface area contributed by atoms with Crippen LogP contribution in [0.2, 0.25) is 0 Å². The van der Waals surface area contributed by atoms with Gasteiger partial charge in [0.2, 0.25) is 0 Å². The van der Waals surface area contributed by atoms with Crippen molar-refractivity contribution in [3.8, 4) is 11.1 Å². The number of anilines is 2. The lowest BCUT2D eigenvalue weighted by molar-refractivity contribution is -0.775. The van der Waals surface area contributed by atoms with Crippen molar-refractivity contribution in [1.29, 1.82) is 0 Å². The summed E-state index contributed by atoms with van der Waals surface area (Å²) in [7, 11) is 1.64. The standard InChI is InChI=1S/C42H49FN8O4/c1-51(35-15-13-33(14-16-35)45-40(53)37-28-49-19-3-2-8-38(49)46-37)41(54)36-25-32(43)26-44-39(36)50(42(51)55)34-7-4-6-31(24-34)30-11-9-29(10-12-30)27-48-18-5-17-47(20-21-48)22-23-52/h4,6-7,9-12,24-26,28,33,35,52H,2-3,5,8,13-23,27H2,1H3/p+1. The highest BCUT2D eigenvalue weighted by Gasteiger charge is 2.56. The van der Waals surface area contributed by atoms with Crippen molar-refractivity contribution in [2.75, 3.05) is 51.3 Å². The van der Waals surface area contributed by atoms with E-state index in [0.717, 1.165) is 88.1 Å². The average molecular weight is 750 g/mol. The van der Waals surface area contributed by atoms with E-state index < -0.39 is 22.2 Å². The van der Waals surface area contributed by atoms with Crippen LogP contribution in [-0.4, -0.2) is 110 Å². The summed E-state index contributed by atoms with van der Waals surface area (Å²) in [4.78, 5) is 57.3. The quantitative estimate of drug-likeness (QED) is 0.215. The van der Waals surface area contributed by atoms with Crippen LogP contribution in [0.1, 0.15) is 77.2 Å². The summed E-state index contributed by atoms with van der Waals surface area (Å²) >= 11 is 0. The predicted octanol–water partition coefficient (Wildman–Crippen LogP) is 5.52. The number of pyridine rings is 1. The van der Waals surface area contributed by atoms with E-state index >= 15 is 0 Å². The molecule has 13 heteroatoms. The van der Waals surface area contributed by atoms with Gasteiger partial charge in [0.25, 0.3) is 5.91 Å². The van der Waals surface area contributed by atoms with Crippen molar-refractivity contribution >= 4 is 29.4 Å². The maximum absolute atomic E-state index is 14.8. The minimum absolute atomic E-state index is 0.0732. The van der Waals surface area contributed by atoms with Crippen LogP contribution in [-0.2, 0) is 19.5 Å². The average Bonchev–Trinajstić information content (AvgIpc) is 3.53. The number of benzene rings is 2. The van der Waals surface area contributed by atoms with Gasteiger partial charge >= 0.3 is 11.9 Å². The summed E-state index contributed by atoms with van der Waals surface area (Å²) in [5.41, 5.74) is 4.14. The Morgan fingerprint density at radius 1 is 0.927 bits per heavy atom. The van der Waals surface area contributed by atoms with Gasteiger partial charge in [0, 0.05) is 64.2 Å². The van der Waals surface area contributed by atoms with Gasteiger partial charge in [-0.3, -0.25) is 14.6 Å². The van der Waals surface area contributed by atoms with Gasteiger partial charge in [-0.15, -0.1) is 0 Å². The number of carbonyl (C=O) groups is 3. The fourth-order valence-corrected chi connectivity index (χ4v) is 8.91. The third-order valence-electron chi connectivity index (χ3n) is 12.1. The zero-order valence-corrected chi connectivity index (χ0v) is 31.5. The number of nitrogens with zero attached hydrogens (tertiary/aromatic N) is 7. The van der Waals surface area contributed by atoms with Crippen molar-refractivity contribution in [2.45, 2.75) is 76.5 Å². The molecule has 1 atom stereocenters. The van der Waals surface area contributed by atoms with Gasteiger partial charge in [-0.2, -0.15) is 4.48 Å². The molecule has 1 saturated carbocycles. The van der Waals surface area contributed by atoms with Crippen molar-refractivity contribution < 1.29 is 28.4 Å². The van der Waals surface area contributed by atoms with Crippen LogP contribution in [0.25, 0.3) is 11.1 Å². The maximum atomic E-state index is 14.8. The Balaban J connectivity index is 0.989. The number of hydrogen-bond acceptors (Lipinski definition) is 8. The largest absolute Gasteiger partial charge is 0.437 e. The second-order valence-electron chi connectivity index (χ2n) is 15.6. The Morgan fingerprint density at radius 3 is 2.49 bits per heavy atom. The molecule has 4 aliphatic rings. The number of aliphatic hydroxyl groups is 1. The summed E-state index contributed by atoms with van der Waals surface area (Å²) < 4.78 is 16.2. The second kappa shape index (κ2) is 15.7. The summed E-state index contributed by atoms with van der Waals surface area (Å²) in [6.45, 7) is 6.55. The van der Waals surface area contributed by atoms with Crippen LogP contribution in [0.5, 0.6) is 0 Å². The lowest BCUT2D eigenvalue weighted by Crippen LogP contribution is -2.67. The molecule has 55 heavy (non-hydrogen) atoms. The Morgan fingerprint density at radius 2 is 1.71 bits per heavy atom. The van der Waals surface area contributed by atoms with Crippen LogP contribution in [0.15, 0.2) is 67.0 Å². The van der Waals surface area contributed by atoms with Crippen LogP contribution in [0.3, 0.4) is 0 Å². The van der Waals surface area contributed by atoms with Crippen LogP contribution in [0, 0.1) is 5.82 Å². The van der Waals surface area contributed by atoms with E-state index in [1.165, 1.54) is 16.5 Å². The SMILES string of the molecule is C[N+]1(C2CCC(NC(=O)c3cn4c(n3)CCCC4)CC2)C(=O)c2cc(F)cnc2N(c2cccc(-c3ccc(CN4CCCN(CCO)CC4)cc3)c2)C1=O. The highest BCUT2D eigenvalue weighted by molar-refractivity contribution is 6.12. The molecular weight excluding hydrogens is 700 g/mol. The van der Waals surface area contributed by atoms with Crippen LogP contribution in [0.4, 0.5) is 20.7 Å². The number of aryl methyl sites for hydroxylation is 2. The van der Waals surface area contributed by atoms with Gasteiger partial charge < -0.3 is 15.0 Å². The van der Waals surface area contributed by atoms with Gasteiger partial charge in [-0.25, -0.2) is 28.8 Å². The monoisotopic (exact) mass is 749 g/mol. The molecule has 2 fully saturated rings. The molecule has 0 bridgehead atoms. The highest BCUT2D eigenvalue weighted by Crippen LogP contribution is 2.41. The number of carbonyl (C=O) groups excluding carboxylic acids is 3. The zero-order valence-electron chi connectivity index (χ0n) is 31.5. The second-order valence-corrected chi connectivity index (χ2v) is 15.6. The Bertz CT molecular complexity index is 2040. The third kappa shape index (κ3) is 7.45. The smallest absolute Gasteiger partial charge is 0.395 e. The molecule has 2 aromatic heterocycles. The summed E-state index contributed by atoms with van der Waals surface area (Å²) in [6.07, 6.45) is 9.22. The number of halogens is 1. The number of quaternary nitrogens is 1. The molecule has 1 saturated heterocycles. The molecule has 0 radical (unpaired) electrons. The minimum Gasteiger partial charge on any atom is -0.395 e. The van der Waals surface area contributed by atoms with Crippen molar-refractivity contribution in [3.05, 3.63) is 95.5 Å². The molecule has 2 aromatic carbocycles. The molecule has 0 spiro atoms. The summed E-state index contributed by atoms with van der Waals surface area (Å²) in [5.74, 6) is -0.243. The summed E-state index contributed by atoms with van der Waals surface area (Å²) in [5, 5.41) is 12.5. The number of urea groups is 1. The van der Waals surface area contributed by atoms with Crippen molar-refractivity contribution in [1.82, 2.24) is 29.7 Å². The Labute approximate surface area is 321 Å². The van der Waals surface area contributed by atoms with Crippen molar-refractivity contribution in [2.24, 2.45) is 0 Å². The van der Waals surface area contributed by atoms with Gasteiger partial charge in [0.15, 0.2) is 5.82 Å². The first kappa shape index (κ1) is 37.1. The molecule has 288 valence electrons. The van der Waals surface area contributed by atoms with Gasteiger partial charge in [0.05, 0.1) is 25.5 Å². The lowest BCUT2D eigenvalue weighted by Gasteiger charge is -2.44. The van der Waals surface area contributed by atoms with E-state index in [-0.39, 0.29) is 36.0 Å². The summed E-state index contributed by atoms with van der Waals surface area (Å²) in [6, 6.07) is 16.3. The number of hydrogen-bond donors (Lipinski definition) is 2. The number of imidazole rings is 1. The molecule has 12 nitrogen and oxygen atoms in total.